The van der Waals surface area contributed by atoms with Gasteiger partial charge in [-0.1, -0.05) is 24.6 Å². The Balaban J connectivity index is 2.33. The number of hydrogen-bond donors (Lipinski definition) is 3. The third kappa shape index (κ3) is 6.96. The Morgan fingerprint density at radius 1 is 1.20 bits per heavy atom. The van der Waals surface area contributed by atoms with Gasteiger partial charge in [-0.3, -0.25) is 19.1 Å². The first-order chi connectivity index (χ1) is 14.0. The van der Waals surface area contributed by atoms with Gasteiger partial charge in [-0.05, 0) is 25.0 Å². The quantitative estimate of drug-likeness (QED) is 0.291. The largest absolute Gasteiger partial charge is 0.480 e. The maximum atomic E-state index is 13.0. The predicted molar refractivity (Wildman–Crippen MR) is 95.7 cm³/mol. The van der Waals surface area contributed by atoms with Gasteiger partial charge in [0.05, 0.1) is 0 Å². The zero-order chi connectivity index (χ0) is 22.4. The van der Waals surface area contributed by atoms with E-state index in [0.717, 1.165) is 19.3 Å². The van der Waals surface area contributed by atoms with Gasteiger partial charge in [0, 0.05) is 13.1 Å². The fourth-order valence-electron chi connectivity index (χ4n) is 2.63. The van der Waals surface area contributed by atoms with Crippen molar-refractivity contribution >= 4 is 19.5 Å². The molecule has 1 aliphatic rings. The monoisotopic (exact) mass is 455 g/mol. The highest BCUT2D eigenvalue weighted by atomic mass is 31.2. The number of piperidine rings is 1. The third-order valence-electron chi connectivity index (χ3n) is 4.00. The topological polar surface area (TPSA) is 129 Å². The molecule has 0 aromatic heterocycles. The second-order valence-corrected chi connectivity index (χ2v) is 8.13. The van der Waals surface area contributed by atoms with Crippen molar-refractivity contribution in [3.8, 4) is 5.75 Å². The van der Waals surface area contributed by atoms with Gasteiger partial charge in [0.15, 0.2) is 0 Å². The fraction of sp³-hybridized carbons (Fsp3) is 0.500. The van der Waals surface area contributed by atoms with E-state index in [4.69, 9.17) is 14.5 Å². The molecule has 1 amide bonds. The van der Waals surface area contributed by atoms with Crippen molar-refractivity contribution in [2.75, 3.05) is 19.6 Å². The van der Waals surface area contributed by atoms with Crippen LogP contribution in [0.15, 0.2) is 30.3 Å². The van der Waals surface area contributed by atoms with Gasteiger partial charge in [0.2, 0.25) is 0 Å². The van der Waals surface area contributed by atoms with Crippen LogP contribution in [0.25, 0.3) is 0 Å². The summed E-state index contributed by atoms with van der Waals surface area (Å²) in [5.74, 6) is -7.27. The normalized spacial score (nSPS) is 18.3. The molecule has 1 heterocycles. The molecule has 1 saturated heterocycles. The van der Waals surface area contributed by atoms with E-state index in [0.29, 0.717) is 13.1 Å². The van der Waals surface area contributed by atoms with Gasteiger partial charge in [-0.25, -0.2) is 9.63 Å². The standard InChI is InChI=1S/C16H21F3N3O7P/c17-16(18,19)14(25)22(11-13(23)24)15(28-12-7-3-1-4-8-12)30(26,27)29-20-21-9-5-2-6-10-21/h1,3-4,7-8,15,20H,2,5-6,9-11H2,(H,23,24)(H,26,27). The fourth-order valence-corrected chi connectivity index (χ4v) is 3.75. The lowest BCUT2D eigenvalue weighted by Gasteiger charge is -2.34. The van der Waals surface area contributed by atoms with Crippen LogP contribution in [0.5, 0.6) is 5.75 Å². The molecule has 1 fully saturated rings. The lowest BCUT2D eigenvalue weighted by Crippen LogP contribution is -2.52. The molecule has 3 N–H and O–H groups in total. The number of halogens is 3. The highest BCUT2D eigenvalue weighted by Crippen LogP contribution is 2.49. The summed E-state index contributed by atoms with van der Waals surface area (Å²) >= 11 is 0. The molecule has 0 saturated carbocycles. The second-order valence-electron chi connectivity index (χ2n) is 6.38. The van der Waals surface area contributed by atoms with Gasteiger partial charge in [-0.15, -0.1) is 5.59 Å². The van der Waals surface area contributed by atoms with Crippen molar-refractivity contribution in [3.05, 3.63) is 30.3 Å². The lowest BCUT2D eigenvalue weighted by molar-refractivity contribution is -0.192. The number of amides is 1. The van der Waals surface area contributed by atoms with E-state index in [1.807, 2.05) is 0 Å². The third-order valence-corrected chi connectivity index (χ3v) is 5.28. The SMILES string of the molecule is O=C(O)CN(C(=O)C(F)(F)F)C(Oc1ccccc1)P(=O)(O)ONN1CCCCC1. The van der Waals surface area contributed by atoms with Crippen LogP contribution in [-0.4, -0.2) is 63.6 Å². The van der Waals surface area contributed by atoms with Gasteiger partial charge in [0.25, 0.3) is 5.97 Å². The molecule has 1 aromatic carbocycles. The van der Waals surface area contributed by atoms with Gasteiger partial charge in [0.1, 0.15) is 12.3 Å². The van der Waals surface area contributed by atoms with Crippen molar-refractivity contribution in [1.82, 2.24) is 15.5 Å². The van der Waals surface area contributed by atoms with Crippen LogP contribution in [0.1, 0.15) is 19.3 Å². The van der Waals surface area contributed by atoms with Crippen molar-refractivity contribution in [3.63, 3.8) is 0 Å². The van der Waals surface area contributed by atoms with Crippen LogP contribution in [-0.2, 0) is 18.8 Å². The highest BCUT2D eigenvalue weighted by Gasteiger charge is 2.52. The van der Waals surface area contributed by atoms with Gasteiger partial charge >= 0.3 is 25.6 Å². The van der Waals surface area contributed by atoms with Crippen molar-refractivity contribution in [1.29, 1.82) is 0 Å². The van der Waals surface area contributed by atoms with E-state index in [9.17, 15) is 32.2 Å². The van der Waals surface area contributed by atoms with Crippen molar-refractivity contribution in [2.24, 2.45) is 0 Å². The Labute approximate surface area is 169 Å². The first kappa shape index (κ1) is 24.1. The van der Waals surface area contributed by atoms with Crippen LogP contribution < -0.4 is 10.3 Å². The van der Waals surface area contributed by atoms with Crippen molar-refractivity contribution < 1.29 is 46.7 Å². The molecule has 0 bridgehead atoms. The molecule has 1 aliphatic heterocycles. The number of benzene rings is 1. The molecule has 168 valence electrons. The van der Waals surface area contributed by atoms with E-state index in [1.165, 1.54) is 29.3 Å². The molecule has 30 heavy (non-hydrogen) atoms. The summed E-state index contributed by atoms with van der Waals surface area (Å²) in [4.78, 5) is 32.8. The number of ether oxygens (including phenoxy) is 1. The van der Waals surface area contributed by atoms with Crippen LogP contribution in [0.2, 0.25) is 0 Å². The number of nitrogens with one attached hydrogen (secondary N) is 1. The number of rotatable bonds is 9. The number of carboxylic acid groups (broad SMARTS) is 1. The molecular formula is C16H21F3N3O7P. The van der Waals surface area contributed by atoms with Crippen LogP contribution in [0.4, 0.5) is 13.2 Å². The number of para-hydroxylation sites is 1. The summed E-state index contributed by atoms with van der Waals surface area (Å²) in [7, 11) is -5.20. The molecule has 2 atom stereocenters. The molecule has 2 unspecified atom stereocenters. The Bertz CT molecular complexity index is 775. The number of carbonyl (C=O) groups is 2. The number of hydrogen-bond acceptors (Lipinski definition) is 7. The average Bonchev–Trinajstić information content (AvgIpc) is 2.69. The summed E-state index contributed by atoms with van der Waals surface area (Å²) in [5, 5.41) is 10.4. The highest BCUT2D eigenvalue weighted by molar-refractivity contribution is 7.53. The molecule has 0 spiro atoms. The summed E-state index contributed by atoms with van der Waals surface area (Å²) in [5.41, 5.74) is 2.19. The van der Waals surface area contributed by atoms with Crippen LogP contribution in [0, 0.1) is 0 Å². The zero-order valence-electron chi connectivity index (χ0n) is 15.6. The summed E-state index contributed by atoms with van der Waals surface area (Å²) in [6.45, 7) is -0.650. The Morgan fingerprint density at radius 2 is 1.80 bits per heavy atom. The first-order valence-corrected chi connectivity index (χ1v) is 10.5. The van der Waals surface area contributed by atoms with E-state index in [2.05, 4.69) is 5.59 Å². The van der Waals surface area contributed by atoms with E-state index < -0.39 is 43.1 Å². The van der Waals surface area contributed by atoms with Crippen LogP contribution in [0.3, 0.4) is 0 Å². The molecule has 1 aromatic rings. The number of aliphatic carboxylic acids is 1. The number of carbonyl (C=O) groups excluding carboxylic acids is 1. The Morgan fingerprint density at radius 3 is 2.33 bits per heavy atom. The minimum Gasteiger partial charge on any atom is -0.480 e. The second kappa shape index (κ2) is 10.2. The van der Waals surface area contributed by atoms with E-state index >= 15 is 0 Å². The zero-order valence-corrected chi connectivity index (χ0v) is 16.5. The smallest absolute Gasteiger partial charge is 0.471 e. The maximum absolute atomic E-state index is 13.0. The average molecular weight is 455 g/mol. The minimum absolute atomic E-state index is 0.177. The number of hydrazine groups is 1. The number of nitrogens with zero attached hydrogens (tertiary/aromatic N) is 2. The first-order valence-electron chi connectivity index (χ1n) is 8.83. The molecule has 14 heteroatoms. The predicted octanol–water partition coefficient (Wildman–Crippen LogP) is 1.93. The van der Waals surface area contributed by atoms with Crippen LogP contribution >= 0.6 is 7.60 Å². The van der Waals surface area contributed by atoms with E-state index in [-0.39, 0.29) is 5.75 Å². The molecule has 2 rings (SSSR count). The molecule has 10 nitrogen and oxygen atoms in total. The summed E-state index contributed by atoms with van der Waals surface area (Å²) in [6, 6.07) is 6.90. The molecule has 0 radical (unpaired) electrons. The van der Waals surface area contributed by atoms with Gasteiger partial charge in [-0.2, -0.15) is 13.2 Å². The number of alkyl halides is 3. The molecular weight excluding hydrogens is 434 g/mol. The Kier molecular flexibility index (Phi) is 8.21. The minimum atomic E-state index is -5.52. The molecule has 0 aliphatic carbocycles. The summed E-state index contributed by atoms with van der Waals surface area (Å²) < 4.78 is 61.8. The Hall–Kier alpha value is -2.18. The maximum Gasteiger partial charge on any atom is 0.471 e. The summed E-state index contributed by atoms with van der Waals surface area (Å²) in [6.07, 6.45) is -3.07. The van der Waals surface area contributed by atoms with E-state index in [1.54, 1.807) is 6.07 Å². The lowest BCUT2D eigenvalue weighted by atomic mass is 10.2. The number of carboxylic acids is 1. The van der Waals surface area contributed by atoms with Gasteiger partial charge < -0.3 is 14.7 Å². The van der Waals surface area contributed by atoms with Crippen molar-refractivity contribution in [2.45, 2.75) is 31.4 Å².